The van der Waals surface area contributed by atoms with E-state index in [1.165, 1.54) is 6.08 Å². The number of hydrogen-bond acceptors (Lipinski definition) is 4. The molecule has 2 aliphatic heterocycles. The number of hydrogen-bond donors (Lipinski definition) is 1. The van der Waals surface area contributed by atoms with Crippen LogP contribution in [0.25, 0.3) is 0 Å². The molecule has 0 spiro atoms. The van der Waals surface area contributed by atoms with E-state index in [1.807, 2.05) is 0 Å². The summed E-state index contributed by atoms with van der Waals surface area (Å²) in [6, 6.07) is 0. The molecule has 0 aliphatic carbocycles. The summed E-state index contributed by atoms with van der Waals surface area (Å²) >= 11 is 0. The second-order valence-electron chi connectivity index (χ2n) is 2.83. The van der Waals surface area contributed by atoms with Crippen LogP contribution in [0.5, 0.6) is 0 Å². The molecule has 2 aliphatic rings. The van der Waals surface area contributed by atoms with Gasteiger partial charge in [-0.1, -0.05) is 0 Å². The zero-order valence-electron chi connectivity index (χ0n) is 7.23. The van der Waals surface area contributed by atoms with Gasteiger partial charge in [0.05, 0.1) is 19.2 Å². The van der Waals surface area contributed by atoms with Gasteiger partial charge in [-0.25, -0.2) is 5.06 Å². The number of hydroxylamine groups is 2. The predicted octanol–water partition coefficient (Wildman–Crippen LogP) is 0.521. The van der Waals surface area contributed by atoms with Crippen molar-refractivity contribution in [1.29, 1.82) is 0 Å². The van der Waals surface area contributed by atoms with Gasteiger partial charge in [-0.05, 0) is 12.2 Å². The average Bonchev–Trinajstić information content (AvgIpc) is 2.18. The lowest BCUT2D eigenvalue weighted by molar-refractivity contribution is -0.116. The number of ketones is 1. The van der Waals surface area contributed by atoms with Gasteiger partial charge < -0.3 is 5.32 Å². The maximum Gasteiger partial charge on any atom is 0.169 e. The summed E-state index contributed by atoms with van der Waals surface area (Å²) in [6.07, 6.45) is 8.46. The van der Waals surface area contributed by atoms with Crippen LogP contribution >= 0.6 is 0 Å². The molecule has 13 heavy (non-hydrogen) atoms. The molecule has 1 atom stereocenters. The maximum absolute atomic E-state index is 11.3. The van der Waals surface area contributed by atoms with Gasteiger partial charge in [0.2, 0.25) is 0 Å². The molecule has 1 N–H and O–H groups in total. The quantitative estimate of drug-likeness (QED) is 0.635. The normalized spacial score (nSPS) is 25.3. The zero-order chi connectivity index (χ0) is 9.26. The molecule has 1 unspecified atom stereocenters. The van der Waals surface area contributed by atoms with E-state index >= 15 is 0 Å². The van der Waals surface area contributed by atoms with Crippen LogP contribution in [0.15, 0.2) is 36.4 Å². The highest BCUT2D eigenvalue weighted by Gasteiger charge is 2.24. The van der Waals surface area contributed by atoms with Gasteiger partial charge in [-0.15, -0.1) is 0 Å². The Balaban J connectivity index is 2.27. The van der Waals surface area contributed by atoms with Crippen molar-refractivity contribution in [2.24, 2.45) is 5.92 Å². The number of allylic oxidation sites excluding steroid dienone is 2. The number of nitrogens with one attached hydrogen (secondary N) is 1. The van der Waals surface area contributed by atoms with E-state index in [0.29, 0.717) is 0 Å². The van der Waals surface area contributed by atoms with Gasteiger partial charge >= 0.3 is 0 Å². The maximum atomic E-state index is 11.3. The second-order valence-corrected chi connectivity index (χ2v) is 2.83. The molecular weight excluding hydrogens is 168 g/mol. The molecule has 0 bridgehead atoms. The third-order valence-corrected chi connectivity index (χ3v) is 2.04. The highest BCUT2D eigenvalue weighted by Crippen LogP contribution is 2.21. The molecule has 0 amide bonds. The highest BCUT2D eigenvalue weighted by atomic mass is 16.7. The summed E-state index contributed by atoms with van der Waals surface area (Å²) in [6.45, 7) is 0. The van der Waals surface area contributed by atoms with Crippen molar-refractivity contribution in [2.45, 2.75) is 0 Å². The topological polar surface area (TPSA) is 41.6 Å². The molecule has 2 heterocycles. The Morgan fingerprint density at radius 3 is 3.23 bits per heavy atom. The van der Waals surface area contributed by atoms with E-state index in [2.05, 4.69) is 5.32 Å². The number of nitrogens with zero attached hydrogens (tertiary/aromatic N) is 1. The van der Waals surface area contributed by atoms with Crippen LogP contribution in [0.4, 0.5) is 0 Å². The number of fused-ring (bicyclic) bond motifs is 1. The van der Waals surface area contributed by atoms with Crippen LogP contribution in [-0.2, 0) is 9.63 Å². The SMILES string of the molecule is CON1C=CC2C(=O)C=CNC2=C1. The summed E-state index contributed by atoms with van der Waals surface area (Å²) in [4.78, 5) is 16.3. The van der Waals surface area contributed by atoms with Gasteiger partial charge in [0, 0.05) is 18.1 Å². The number of carbonyl (C=O) groups excluding carboxylic acids is 1. The largest absolute Gasteiger partial charge is 0.363 e. The third-order valence-electron chi connectivity index (χ3n) is 2.04. The lowest BCUT2D eigenvalue weighted by Gasteiger charge is -2.25. The van der Waals surface area contributed by atoms with Gasteiger partial charge in [0.1, 0.15) is 0 Å². The summed E-state index contributed by atoms with van der Waals surface area (Å²) in [7, 11) is 1.57. The van der Waals surface area contributed by atoms with Crippen molar-refractivity contribution in [3.63, 3.8) is 0 Å². The summed E-state index contributed by atoms with van der Waals surface area (Å²) in [5, 5.41) is 4.55. The Hall–Kier alpha value is -1.55. The predicted molar refractivity (Wildman–Crippen MR) is 46.8 cm³/mol. The summed E-state index contributed by atoms with van der Waals surface area (Å²) in [5.41, 5.74) is 0.844. The molecular formula is C9H10N2O2. The molecule has 0 aromatic heterocycles. The first-order valence-corrected chi connectivity index (χ1v) is 4.00. The van der Waals surface area contributed by atoms with Gasteiger partial charge in [-0.3, -0.25) is 9.63 Å². The van der Waals surface area contributed by atoms with Crippen molar-refractivity contribution < 1.29 is 9.63 Å². The average molecular weight is 178 g/mol. The standard InChI is InChI=1S/C9H10N2O2/c1-13-11-5-3-7-8(6-11)10-4-2-9(7)12/h2-7,10H,1H3. The van der Waals surface area contributed by atoms with Crippen LogP contribution < -0.4 is 5.32 Å². The monoisotopic (exact) mass is 178 g/mol. The third kappa shape index (κ3) is 1.36. The van der Waals surface area contributed by atoms with Gasteiger partial charge in [0.25, 0.3) is 0 Å². The Morgan fingerprint density at radius 2 is 2.46 bits per heavy atom. The van der Waals surface area contributed by atoms with Crippen LogP contribution in [0, 0.1) is 5.92 Å². The molecule has 0 fully saturated rings. The smallest absolute Gasteiger partial charge is 0.169 e. The zero-order valence-corrected chi connectivity index (χ0v) is 7.23. The fraction of sp³-hybridized carbons (Fsp3) is 0.222. The van der Waals surface area contributed by atoms with E-state index < -0.39 is 0 Å². The molecule has 0 radical (unpaired) electrons. The molecule has 68 valence electrons. The Bertz CT molecular complexity index is 318. The van der Waals surface area contributed by atoms with Crippen molar-refractivity contribution in [2.75, 3.05) is 7.11 Å². The van der Waals surface area contributed by atoms with E-state index in [-0.39, 0.29) is 11.7 Å². The van der Waals surface area contributed by atoms with Crippen LogP contribution in [0.1, 0.15) is 0 Å². The Kier molecular flexibility index (Phi) is 1.90. The summed E-state index contributed by atoms with van der Waals surface area (Å²) in [5.74, 6) is -0.0756. The number of rotatable bonds is 1. The molecule has 0 aromatic carbocycles. The van der Waals surface area contributed by atoms with Crippen LogP contribution in [-0.4, -0.2) is 18.0 Å². The van der Waals surface area contributed by atoms with Crippen LogP contribution in [0.3, 0.4) is 0 Å². The molecule has 4 heteroatoms. The first-order chi connectivity index (χ1) is 6.31. The van der Waals surface area contributed by atoms with Gasteiger partial charge in [-0.2, -0.15) is 0 Å². The first-order valence-electron chi connectivity index (χ1n) is 4.00. The van der Waals surface area contributed by atoms with Crippen molar-refractivity contribution in [3.05, 3.63) is 36.4 Å². The lowest BCUT2D eigenvalue weighted by Crippen LogP contribution is -2.30. The van der Waals surface area contributed by atoms with E-state index in [4.69, 9.17) is 4.84 Å². The fourth-order valence-corrected chi connectivity index (χ4v) is 1.35. The highest BCUT2D eigenvalue weighted by molar-refractivity contribution is 5.96. The van der Waals surface area contributed by atoms with Crippen molar-refractivity contribution >= 4 is 5.78 Å². The minimum Gasteiger partial charge on any atom is -0.363 e. The van der Waals surface area contributed by atoms with Gasteiger partial charge in [0.15, 0.2) is 5.78 Å². The fourth-order valence-electron chi connectivity index (χ4n) is 1.35. The molecule has 4 nitrogen and oxygen atoms in total. The van der Waals surface area contributed by atoms with Crippen molar-refractivity contribution in [1.82, 2.24) is 10.4 Å². The first kappa shape index (κ1) is 8.07. The Morgan fingerprint density at radius 1 is 1.62 bits per heavy atom. The second kappa shape index (κ2) is 3.06. The van der Waals surface area contributed by atoms with Crippen molar-refractivity contribution in [3.8, 4) is 0 Å². The molecule has 0 saturated carbocycles. The molecule has 2 rings (SSSR count). The van der Waals surface area contributed by atoms with E-state index in [9.17, 15) is 4.79 Å². The lowest BCUT2D eigenvalue weighted by atomic mass is 9.96. The Labute approximate surface area is 76.1 Å². The van der Waals surface area contributed by atoms with Crippen LogP contribution in [0.2, 0.25) is 0 Å². The molecule has 0 saturated heterocycles. The van der Waals surface area contributed by atoms with E-state index in [0.717, 1.165) is 5.70 Å². The number of carbonyl (C=O) groups is 1. The molecule has 0 aromatic rings. The minimum absolute atomic E-state index is 0.0944. The van der Waals surface area contributed by atoms with E-state index in [1.54, 1.807) is 36.8 Å². The minimum atomic E-state index is -0.170. The summed E-state index contributed by atoms with van der Waals surface area (Å²) < 4.78 is 0.